The smallest absolute Gasteiger partial charge is 0.431 e. The minimum Gasteiger partial charge on any atom is -0.448 e. The van der Waals surface area contributed by atoms with Gasteiger partial charge in [-0.15, -0.1) is 11.6 Å². The van der Waals surface area contributed by atoms with Crippen LogP contribution < -0.4 is 0 Å². The molecule has 0 spiro atoms. The van der Waals surface area contributed by atoms with Crippen molar-refractivity contribution in [1.82, 2.24) is 9.91 Å². The van der Waals surface area contributed by atoms with Crippen LogP contribution in [0.2, 0.25) is 0 Å². The van der Waals surface area contributed by atoms with Crippen LogP contribution in [-0.2, 0) is 15.7 Å². The summed E-state index contributed by atoms with van der Waals surface area (Å²) < 4.78 is 50.5. The molecule has 1 saturated heterocycles. The zero-order valence-corrected chi connectivity index (χ0v) is 18.5. The third-order valence-electron chi connectivity index (χ3n) is 5.54. The highest BCUT2D eigenvalue weighted by atomic mass is 35.5. The summed E-state index contributed by atoms with van der Waals surface area (Å²) >= 11 is 6.86. The van der Waals surface area contributed by atoms with E-state index in [1.807, 2.05) is 13.8 Å². The van der Waals surface area contributed by atoms with E-state index in [0.717, 1.165) is 12.1 Å². The highest BCUT2D eigenvalue weighted by Gasteiger charge is 2.47. The minimum atomic E-state index is -4.50. The van der Waals surface area contributed by atoms with Gasteiger partial charge in [0.2, 0.25) is 0 Å². The first-order chi connectivity index (χ1) is 14.6. The van der Waals surface area contributed by atoms with E-state index in [1.165, 1.54) is 17.1 Å². The number of morpholine rings is 1. The summed E-state index contributed by atoms with van der Waals surface area (Å²) in [6, 6.07) is 4.86. The first kappa shape index (κ1) is 23.8. The number of rotatable bonds is 4. The molecule has 0 radical (unpaired) electrons. The van der Waals surface area contributed by atoms with Gasteiger partial charge in [-0.25, -0.2) is 4.79 Å². The largest absolute Gasteiger partial charge is 0.448 e. The number of hydrazone groups is 1. The molecule has 0 saturated carbocycles. The van der Waals surface area contributed by atoms with E-state index < -0.39 is 29.4 Å². The highest BCUT2D eigenvalue weighted by molar-refractivity contribution is 6.35. The minimum absolute atomic E-state index is 0.0172. The second-order valence-corrected chi connectivity index (χ2v) is 8.36. The van der Waals surface area contributed by atoms with Gasteiger partial charge in [-0.3, -0.25) is 4.90 Å². The van der Waals surface area contributed by atoms with E-state index in [9.17, 15) is 18.0 Å². The summed E-state index contributed by atoms with van der Waals surface area (Å²) in [6.45, 7) is 7.98. The summed E-state index contributed by atoms with van der Waals surface area (Å²) in [5.74, 6) is -0.269. The van der Waals surface area contributed by atoms with Gasteiger partial charge in [0, 0.05) is 19.0 Å². The Morgan fingerprint density at radius 1 is 1.32 bits per heavy atom. The van der Waals surface area contributed by atoms with Gasteiger partial charge < -0.3 is 9.47 Å². The van der Waals surface area contributed by atoms with Crippen molar-refractivity contribution in [2.75, 3.05) is 32.9 Å². The van der Waals surface area contributed by atoms with Crippen LogP contribution in [0.25, 0.3) is 0 Å². The Balaban J connectivity index is 2.10. The van der Waals surface area contributed by atoms with Gasteiger partial charge >= 0.3 is 12.3 Å². The molecule has 2 heterocycles. The molecule has 2 aliphatic rings. The number of hydrogen-bond donors (Lipinski definition) is 0. The lowest BCUT2D eigenvalue weighted by Gasteiger charge is -2.48. The van der Waals surface area contributed by atoms with Gasteiger partial charge in [-0.1, -0.05) is 26.0 Å². The molecule has 1 amide bonds. The van der Waals surface area contributed by atoms with Crippen LogP contribution in [-0.4, -0.2) is 66.2 Å². The number of halogens is 4. The van der Waals surface area contributed by atoms with Crippen molar-refractivity contribution in [2.24, 2.45) is 16.9 Å². The summed E-state index contributed by atoms with van der Waals surface area (Å²) in [5, 5.41) is 5.01. The first-order valence-corrected chi connectivity index (χ1v) is 10.8. The number of amides is 1. The summed E-state index contributed by atoms with van der Waals surface area (Å²) in [5.41, 5.74) is -0.338. The Morgan fingerprint density at radius 3 is 2.58 bits per heavy atom. The predicted octanol–water partition coefficient (Wildman–Crippen LogP) is 4.42. The second-order valence-electron chi connectivity index (χ2n) is 7.89. The number of nitrogens with zero attached hydrogens (tertiary/aromatic N) is 3. The molecule has 1 aromatic carbocycles. The van der Waals surface area contributed by atoms with Gasteiger partial charge in [-0.2, -0.15) is 23.3 Å². The monoisotopic (exact) mass is 461 g/mol. The molecule has 0 aromatic heterocycles. The predicted molar refractivity (Wildman–Crippen MR) is 111 cm³/mol. The number of alkyl halides is 4. The maximum atomic E-state index is 13.3. The standard InChI is InChI=1S/C21H27ClF3N3O3/c1-4-31-20(29)28-19(27-8-10-30-11-9-27)16(13(2)3)17(22)18(26-28)14-6-5-7-15(12-14)21(23,24)25/h5-7,12-13,16-17,19H,4,8-11H2,1-3H3/t16-,17-,19-/m1/s1. The Bertz CT molecular complexity index is 813. The fourth-order valence-electron chi connectivity index (χ4n) is 4.06. The average Bonchev–Trinajstić information content (AvgIpc) is 2.73. The van der Waals surface area contributed by atoms with Gasteiger partial charge in [-0.05, 0) is 30.5 Å². The molecule has 0 aliphatic carbocycles. The second kappa shape index (κ2) is 9.75. The fraction of sp³-hybridized carbons (Fsp3) is 0.619. The van der Waals surface area contributed by atoms with Crippen molar-refractivity contribution >= 4 is 23.4 Å². The van der Waals surface area contributed by atoms with Crippen LogP contribution in [0, 0.1) is 11.8 Å². The van der Waals surface area contributed by atoms with Gasteiger partial charge in [0.05, 0.1) is 36.5 Å². The number of ether oxygens (including phenoxy) is 2. The van der Waals surface area contributed by atoms with Gasteiger partial charge in [0.25, 0.3) is 0 Å². The lowest BCUT2D eigenvalue weighted by atomic mass is 9.83. The van der Waals surface area contributed by atoms with Gasteiger partial charge in [0.1, 0.15) is 6.17 Å². The highest BCUT2D eigenvalue weighted by Crippen LogP contribution is 2.37. The molecule has 3 atom stereocenters. The van der Waals surface area contributed by atoms with Crippen LogP contribution in [0.1, 0.15) is 31.9 Å². The van der Waals surface area contributed by atoms with Crippen molar-refractivity contribution in [3.63, 3.8) is 0 Å². The van der Waals surface area contributed by atoms with Crippen molar-refractivity contribution in [2.45, 2.75) is 38.5 Å². The normalized spacial score (nSPS) is 25.5. The van der Waals surface area contributed by atoms with Crippen molar-refractivity contribution in [3.05, 3.63) is 35.4 Å². The number of benzene rings is 1. The zero-order chi connectivity index (χ0) is 22.8. The van der Waals surface area contributed by atoms with E-state index >= 15 is 0 Å². The molecule has 6 nitrogen and oxygen atoms in total. The SMILES string of the molecule is CCOC(=O)N1N=C(c2cccc(C(F)(F)F)c2)[C@H](Cl)[C@@H](C(C)C)[C@@H]1N1CCOCC1. The molecule has 0 N–H and O–H groups in total. The molecule has 0 unspecified atom stereocenters. The fourth-order valence-corrected chi connectivity index (χ4v) is 4.65. The molecule has 31 heavy (non-hydrogen) atoms. The third kappa shape index (κ3) is 5.15. The maximum absolute atomic E-state index is 13.3. The Kier molecular flexibility index (Phi) is 7.49. The number of carbonyl (C=O) groups is 1. The Morgan fingerprint density at radius 2 is 2.00 bits per heavy atom. The number of carbonyl (C=O) groups excluding carboxylic acids is 1. The van der Waals surface area contributed by atoms with E-state index in [1.54, 1.807) is 6.92 Å². The quantitative estimate of drug-likeness (QED) is 0.623. The van der Waals surface area contributed by atoms with Crippen LogP contribution in [0.5, 0.6) is 0 Å². The lowest BCUT2D eigenvalue weighted by molar-refractivity contribution is -0.137. The van der Waals surface area contributed by atoms with Crippen molar-refractivity contribution in [1.29, 1.82) is 0 Å². The van der Waals surface area contributed by atoms with E-state index in [2.05, 4.69) is 10.0 Å². The van der Waals surface area contributed by atoms with Crippen LogP contribution in [0.15, 0.2) is 29.4 Å². The van der Waals surface area contributed by atoms with Crippen molar-refractivity contribution in [3.8, 4) is 0 Å². The van der Waals surface area contributed by atoms with Crippen molar-refractivity contribution < 1.29 is 27.4 Å². The lowest BCUT2D eigenvalue weighted by Crippen LogP contribution is -2.62. The molecular formula is C21H27ClF3N3O3. The number of hydrogen-bond acceptors (Lipinski definition) is 5. The van der Waals surface area contributed by atoms with E-state index in [4.69, 9.17) is 21.1 Å². The molecule has 2 aliphatic heterocycles. The summed E-state index contributed by atoms with van der Waals surface area (Å²) in [6.07, 6.45) is -5.64. The van der Waals surface area contributed by atoms with E-state index in [-0.39, 0.29) is 29.7 Å². The molecule has 3 rings (SSSR count). The topological polar surface area (TPSA) is 54.4 Å². The van der Waals surface area contributed by atoms with Crippen LogP contribution in [0.4, 0.5) is 18.0 Å². The molecule has 1 aromatic rings. The molecule has 0 bridgehead atoms. The molecule has 172 valence electrons. The average molecular weight is 462 g/mol. The summed E-state index contributed by atoms with van der Waals surface area (Å²) in [7, 11) is 0. The van der Waals surface area contributed by atoms with Crippen LogP contribution >= 0.6 is 11.6 Å². The Labute approximate surface area is 184 Å². The maximum Gasteiger partial charge on any atom is 0.431 e. The first-order valence-electron chi connectivity index (χ1n) is 10.3. The molecule has 1 fully saturated rings. The van der Waals surface area contributed by atoms with Crippen LogP contribution in [0.3, 0.4) is 0 Å². The zero-order valence-electron chi connectivity index (χ0n) is 17.7. The molecular weight excluding hydrogens is 435 g/mol. The van der Waals surface area contributed by atoms with Gasteiger partial charge in [0.15, 0.2) is 0 Å². The third-order valence-corrected chi connectivity index (χ3v) is 6.04. The molecule has 10 heteroatoms. The Hall–Kier alpha value is -1.84. The summed E-state index contributed by atoms with van der Waals surface area (Å²) in [4.78, 5) is 14.9. The van der Waals surface area contributed by atoms with E-state index in [0.29, 0.717) is 26.3 Å².